The van der Waals surface area contributed by atoms with Crippen LogP contribution in [0.25, 0.3) is 22.3 Å². The molecule has 1 saturated heterocycles. The maximum Gasteiger partial charge on any atom is 0.272 e. The molecule has 0 atom stereocenters. The molecule has 2 aliphatic rings. The Bertz CT molecular complexity index is 1430. The van der Waals surface area contributed by atoms with Gasteiger partial charge in [0.1, 0.15) is 34.1 Å². The van der Waals surface area contributed by atoms with Gasteiger partial charge in [0.25, 0.3) is 5.91 Å². The number of ether oxygens (including phenoxy) is 3. The van der Waals surface area contributed by atoms with Gasteiger partial charge in [-0.3, -0.25) is 4.79 Å². The lowest BCUT2D eigenvalue weighted by Gasteiger charge is -2.44. The van der Waals surface area contributed by atoms with Gasteiger partial charge in [-0.2, -0.15) is 5.21 Å². The molecule has 2 aromatic heterocycles. The zero-order valence-corrected chi connectivity index (χ0v) is 20.2. The van der Waals surface area contributed by atoms with Gasteiger partial charge < -0.3 is 19.1 Å². The molecule has 2 aliphatic heterocycles. The first-order chi connectivity index (χ1) is 17.6. The fourth-order valence-electron chi connectivity index (χ4n) is 5.21. The molecule has 1 N–H and O–H groups in total. The van der Waals surface area contributed by atoms with Crippen molar-refractivity contribution in [1.82, 2.24) is 30.5 Å². The van der Waals surface area contributed by atoms with Gasteiger partial charge in [-0.25, -0.2) is 4.98 Å². The van der Waals surface area contributed by atoms with E-state index in [-0.39, 0.29) is 11.5 Å². The van der Waals surface area contributed by atoms with Crippen LogP contribution in [0.2, 0.25) is 0 Å². The van der Waals surface area contributed by atoms with Crippen LogP contribution < -0.4 is 14.2 Å². The number of aryl methyl sites for hydroxylation is 1. The Balaban J connectivity index is 1.19. The minimum atomic E-state index is -0.269. The first kappa shape index (κ1) is 22.3. The van der Waals surface area contributed by atoms with Gasteiger partial charge in [-0.1, -0.05) is 6.07 Å². The summed E-state index contributed by atoms with van der Waals surface area (Å²) in [7, 11) is 3.19. The van der Waals surface area contributed by atoms with Crippen molar-refractivity contribution < 1.29 is 19.0 Å². The van der Waals surface area contributed by atoms with Crippen LogP contribution >= 0.6 is 0 Å². The Morgan fingerprint density at radius 1 is 1.06 bits per heavy atom. The number of hydrogen-bond acceptors (Lipinski definition) is 8. The standard InChI is InChI=1S/C26H26N6O4/c1-34-21-5-3-4-18-22(35-2)15-19(27-23(18)21)25(33)32-12-10-26(11-13-32)9-8-16-14-17(6-7-20(16)36-26)24-28-30-31-29-24/h3-7,14-15H,8-13H2,1-2H3,(H,28,29,30,31). The summed E-state index contributed by atoms with van der Waals surface area (Å²) in [5.74, 6) is 2.55. The molecule has 10 heteroatoms. The normalized spacial score (nSPS) is 16.4. The second-order valence-corrected chi connectivity index (χ2v) is 9.20. The number of benzene rings is 2. The van der Waals surface area contributed by atoms with Crippen molar-refractivity contribution in [1.29, 1.82) is 0 Å². The molecule has 0 bridgehead atoms. The predicted molar refractivity (Wildman–Crippen MR) is 131 cm³/mol. The predicted octanol–water partition coefficient (Wildman–Crippen LogP) is 3.43. The molecule has 1 spiro atoms. The van der Waals surface area contributed by atoms with Crippen molar-refractivity contribution in [3.05, 3.63) is 53.7 Å². The first-order valence-electron chi connectivity index (χ1n) is 12.0. The summed E-state index contributed by atoms with van der Waals surface area (Å²) in [6.45, 7) is 1.20. The molecular weight excluding hydrogens is 460 g/mol. The molecule has 0 radical (unpaired) electrons. The third-order valence-corrected chi connectivity index (χ3v) is 7.23. The molecule has 1 fully saturated rings. The van der Waals surface area contributed by atoms with Crippen LogP contribution in [0.3, 0.4) is 0 Å². The molecule has 10 nitrogen and oxygen atoms in total. The van der Waals surface area contributed by atoms with Gasteiger partial charge in [0.05, 0.1) is 14.2 Å². The van der Waals surface area contributed by atoms with E-state index in [2.05, 4.69) is 31.7 Å². The van der Waals surface area contributed by atoms with E-state index in [1.54, 1.807) is 20.3 Å². The molecule has 4 heterocycles. The number of amides is 1. The third kappa shape index (κ3) is 3.78. The fourth-order valence-corrected chi connectivity index (χ4v) is 5.21. The van der Waals surface area contributed by atoms with E-state index in [0.717, 1.165) is 47.9 Å². The Kier molecular flexibility index (Phi) is 5.43. The topological polar surface area (TPSA) is 115 Å². The highest BCUT2D eigenvalue weighted by Gasteiger charge is 2.41. The largest absolute Gasteiger partial charge is 0.496 e. The molecule has 0 saturated carbocycles. The van der Waals surface area contributed by atoms with E-state index in [4.69, 9.17) is 14.2 Å². The number of aromatic nitrogens is 5. The smallest absolute Gasteiger partial charge is 0.272 e. The number of aromatic amines is 1. The lowest BCUT2D eigenvalue weighted by molar-refractivity contribution is -0.0108. The van der Waals surface area contributed by atoms with Crippen LogP contribution in [0.15, 0.2) is 42.5 Å². The van der Waals surface area contributed by atoms with E-state index in [9.17, 15) is 4.79 Å². The summed E-state index contributed by atoms with van der Waals surface area (Å²) in [5, 5.41) is 15.1. The molecule has 0 aliphatic carbocycles. The maximum absolute atomic E-state index is 13.4. The highest BCUT2D eigenvalue weighted by atomic mass is 16.5. The lowest BCUT2D eigenvalue weighted by Crippen LogP contribution is -2.51. The molecule has 4 aromatic rings. The monoisotopic (exact) mass is 486 g/mol. The van der Waals surface area contributed by atoms with Crippen LogP contribution in [0.5, 0.6) is 17.2 Å². The van der Waals surface area contributed by atoms with Crippen LogP contribution in [-0.4, -0.2) is 69.3 Å². The molecule has 36 heavy (non-hydrogen) atoms. The highest BCUT2D eigenvalue weighted by Crippen LogP contribution is 2.41. The molecule has 6 rings (SSSR count). The van der Waals surface area contributed by atoms with Crippen molar-refractivity contribution in [2.45, 2.75) is 31.3 Å². The number of pyridine rings is 1. The average molecular weight is 487 g/mol. The zero-order chi connectivity index (χ0) is 24.7. The number of carbonyl (C=O) groups is 1. The number of methoxy groups -OCH3 is 2. The Morgan fingerprint density at radius 2 is 1.89 bits per heavy atom. The quantitative estimate of drug-likeness (QED) is 0.467. The van der Waals surface area contributed by atoms with Crippen molar-refractivity contribution >= 4 is 16.8 Å². The van der Waals surface area contributed by atoms with Crippen molar-refractivity contribution in [2.24, 2.45) is 0 Å². The number of fused-ring (bicyclic) bond motifs is 2. The fraction of sp³-hybridized carbons (Fsp3) is 0.346. The van der Waals surface area contributed by atoms with Crippen molar-refractivity contribution in [2.75, 3.05) is 27.3 Å². The second kappa shape index (κ2) is 8.78. The number of rotatable bonds is 4. The van der Waals surface area contributed by atoms with E-state index in [1.807, 2.05) is 35.2 Å². The second-order valence-electron chi connectivity index (χ2n) is 9.20. The Hall–Kier alpha value is -4.21. The Labute approximate surface area is 207 Å². The van der Waals surface area contributed by atoms with Crippen LogP contribution in [-0.2, 0) is 6.42 Å². The minimum absolute atomic E-state index is 0.114. The maximum atomic E-state index is 13.4. The Morgan fingerprint density at radius 3 is 2.64 bits per heavy atom. The van der Waals surface area contributed by atoms with E-state index in [1.165, 1.54) is 0 Å². The minimum Gasteiger partial charge on any atom is -0.496 e. The number of likely N-dealkylation sites (tertiary alicyclic amines) is 1. The third-order valence-electron chi connectivity index (χ3n) is 7.23. The number of piperidine rings is 1. The number of nitrogens with zero attached hydrogens (tertiary/aromatic N) is 5. The van der Waals surface area contributed by atoms with Gasteiger partial charge in [0.15, 0.2) is 0 Å². The lowest BCUT2D eigenvalue weighted by atomic mass is 9.82. The summed E-state index contributed by atoms with van der Waals surface area (Å²) >= 11 is 0. The van der Waals surface area contributed by atoms with E-state index in [0.29, 0.717) is 41.6 Å². The zero-order valence-electron chi connectivity index (χ0n) is 20.2. The summed E-state index contributed by atoms with van der Waals surface area (Å²) in [5.41, 5.74) is 2.75. The number of carbonyl (C=O) groups excluding carboxylic acids is 1. The summed E-state index contributed by atoms with van der Waals surface area (Å²) in [4.78, 5) is 19.9. The first-order valence-corrected chi connectivity index (χ1v) is 12.0. The van der Waals surface area contributed by atoms with Gasteiger partial charge in [-0.15, -0.1) is 10.2 Å². The number of nitrogens with one attached hydrogen (secondary N) is 1. The number of hydrogen-bond donors (Lipinski definition) is 1. The summed E-state index contributed by atoms with van der Waals surface area (Å²) in [6.07, 6.45) is 3.33. The molecule has 1 amide bonds. The molecular formula is C26H26N6O4. The van der Waals surface area contributed by atoms with Crippen molar-refractivity contribution in [3.8, 4) is 28.6 Å². The number of H-pyrrole nitrogens is 1. The molecule has 0 unspecified atom stereocenters. The van der Waals surface area contributed by atoms with Gasteiger partial charge in [0.2, 0.25) is 5.82 Å². The van der Waals surface area contributed by atoms with Gasteiger partial charge in [-0.05, 0) is 54.0 Å². The van der Waals surface area contributed by atoms with Gasteiger partial charge >= 0.3 is 0 Å². The average Bonchev–Trinajstić information content (AvgIpc) is 3.47. The SMILES string of the molecule is COc1cc(C(=O)N2CCC3(CCc4cc(-c5nn[nH]n5)ccc4O3)CC2)nc2c(OC)cccc12. The number of tetrazole rings is 1. The van der Waals surface area contributed by atoms with E-state index < -0.39 is 0 Å². The highest BCUT2D eigenvalue weighted by molar-refractivity contribution is 5.98. The van der Waals surface area contributed by atoms with Crippen molar-refractivity contribution in [3.63, 3.8) is 0 Å². The van der Waals surface area contributed by atoms with Crippen LogP contribution in [0, 0.1) is 0 Å². The summed E-state index contributed by atoms with van der Waals surface area (Å²) < 4.78 is 17.6. The van der Waals surface area contributed by atoms with E-state index >= 15 is 0 Å². The molecule has 184 valence electrons. The summed E-state index contributed by atoms with van der Waals surface area (Å²) in [6, 6.07) is 13.3. The van der Waals surface area contributed by atoms with Crippen LogP contribution in [0.4, 0.5) is 0 Å². The number of para-hydroxylation sites is 1. The molecule has 2 aromatic carbocycles. The van der Waals surface area contributed by atoms with Gasteiger partial charge in [0, 0.05) is 42.9 Å². The van der Waals surface area contributed by atoms with Crippen LogP contribution in [0.1, 0.15) is 35.3 Å².